The maximum Gasteiger partial charge on any atom is 0.119 e. The largest absolute Gasteiger partial charge is 0.497 e. The van der Waals surface area contributed by atoms with E-state index in [0.29, 0.717) is 6.42 Å². The molecule has 1 unspecified atom stereocenters. The van der Waals surface area contributed by atoms with E-state index in [2.05, 4.69) is 26.0 Å². The van der Waals surface area contributed by atoms with Crippen LogP contribution in [-0.4, -0.2) is 12.2 Å². The molecule has 1 N–H and O–H groups in total. The quantitative estimate of drug-likeness (QED) is 0.906. The normalized spacial score (nSPS) is 12.2. The second kappa shape index (κ2) is 5.89. The SMILES string of the molecule is COc1cccc(CC(O)c2ccc(C)c(C)c2)c1. The van der Waals surface area contributed by atoms with Crippen molar-refractivity contribution in [3.8, 4) is 5.75 Å². The summed E-state index contributed by atoms with van der Waals surface area (Å²) in [7, 11) is 1.65. The number of aliphatic hydroxyl groups is 1. The summed E-state index contributed by atoms with van der Waals surface area (Å²) in [5.74, 6) is 0.824. The van der Waals surface area contributed by atoms with Gasteiger partial charge in [-0.1, -0.05) is 30.3 Å². The van der Waals surface area contributed by atoms with Crippen LogP contribution in [0.1, 0.15) is 28.4 Å². The highest BCUT2D eigenvalue weighted by Gasteiger charge is 2.10. The smallest absolute Gasteiger partial charge is 0.119 e. The first kappa shape index (κ1) is 13.6. The van der Waals surface area contributed by atoms with Crippen molar-refractivity contribution in [2.45, 2.75) is 26.4 Å². The molecule has 100 valence electrons. The Morgan fingerprint density at radius 3 is 2.53 bits per heavy atom. The van der Waals surface area contributed by atoms with Crippen LogP contribution in [0.4, 0.5) is 0 Å². The summed E-state index contributed by atoms with van der Waals surface area (Å²) >= 11 is 0. The lowest BCUT2D eigenvalue weighted by Crippen LogP contribution is -2.02. The molecule has 0 spiro atoms. The fourth-order valence-electron chi connectivity index (χ4n) is 2.11. The molecule has 2 rings (SSSR count). The van der Waals surface area contributed by atoms with E-state index >= 15 is 0 Å². The lowest BCUT2D eigenvalue weighted by Gasteiger charge is -2.13. The summed E-state index contributed by atoms with van der Waals surface area (Å²) in [6.45, 7) is 4.14. The Balaban J connectivity index is 2.15. The van der Waals surface area contributed by atoms with Gasteiger partial charge in [0.2, 0.25) is 0 Å². The average molecular weight is 256 g/mol. The van der Waals surface area contributed by atoms with Gasteiger partial charge in [0.15, 0.2) is 0 Å². The standard InChI is InChI=1S/C17H20O2/c1-12-7-8-15(9-13(12)2)17(18)11-14-5-4-6-16(10-14)19-3/h4-10,17-18H,11H2,1-3H3. The summed E-state index contributed by atoms with van der Waals surface area (Å²) in [6.07, 6.45) is 0.117. The Morgan fingerprint density at radius 2 is 1.84 bits per heavy atom. The number of ether oxygens (including phenoxy) is 1. The highest BCUT2D eigenvalue weighted by Crippen LogP contribution is 2.22. The monoisotopic (exact) mass is 256 g/mol. The molecule has 0 radical (unpaired) electrons. The Hall–Kier alpha value is -1.80. The molecule has 1 atom stereocenters. The number of hydrogen-bond acceptors (Lipinski definition) is 2. The van der Waals surface area contributed by atoms with E-state index in [4.69, 9.17) is 4.74 Å². The lowest BCUT2D eigenvalue weighted by molar-refractivity contribution is 0.178. The molecular weight excluding hydrogens is 236 g/mol. The summed E-state index contributed by atoms with van der Waals surface area (Å²) < 4.78 is 5.20. The zero-order valence-electron chi connectivity index (χ0n) is 11.7. The van der Waals surface area contributed by atoms with Crippen LogP contribution in [0.25, 0.3) is 0 Å². The minimum Gasteiger partial charge on any atom is -0.497 e. The molecule has 2 aromatic carbocycles. The Morgan fingerprint density at radius 1 is 1.05 bits per heavy atom. The van der Waals surface area contributed by atoms with Crippen molar-refractivity contribution in [3.05, 3.63) is 64.7 Å². The summed E-state index contributed by atoms with van der Waals surface area (Å²) in [5.41, 5.74) is 4.50. The molecule has 19 heavy (non-hydrogen) atoms. The molecule has 0 saturated carbocycles. The Bertz CT molecular complexity index is 561. The molecule has 0 bridgehead atoms. The van der Waals surface area contributed by atoms with Crippen LogP contribution in [0.2, 0.25) is 0 Å². The number of rotatable bonds is 4. The second-order valence-electron chi connectivity index (χ2n) is 4.92. The van der Waals surface area contributed by atoms with Gasteiger partial charge in [-0.15, -0.1) is 0 Å². The zero-order chi connectivity index (χ0) is 13.8. The summed E-state index contributed by atoms with van der Waals surface area (Å²) in [4.78, 5) is 0. The van der Waals surface area contributed by atoms with Crippen LogP contribution < -0.4 is 4.74 Å². The Labute approximate surface area is 114 Å². The molecule has 2 aromatic rings. The predicted octanol–water partition coefficient (Wildman–Crippen LogP) is 3.59. The number of aliphatic hydroxyl groups excluding tert-OH is 1. The second-order valence-corrected chi connectivity index (χ2v) is 4.92. The third-order valence-electron chi connectivity index (χ3n) is 3.48. The molecule has 0 saturated heterocycles. The van der Waals surface area contributed by atoms with Gasteiger partial charge in [0.1, 0.15) is 5.75 Å². The molecule has 0 fully saturated rings. The zero-order valence-corrected chi connectivity index (χ0v) is 11.7. The van der Waals surface area contributed by atoms with Gasteiger partial charge in [0, 0.05) is 6.42 Å². The minimum absolute atomic E-state index is 0.480. The first-order valence-electron chi connectivity index (χ1n) is 6.48. The predicted molar refractivity (Wildman–Crippen MR) is 77.6 cm³/mol. The number of benzene rings is 2. The van der Waals surface area contributed by atoms with Crippen molar-refractivity contribution in [2.24, 2.45) is 0 Å². The van der Waals surface area contributed by atoms with Crippen LogP contribution in [-0.2, 0) is 6.42 Å². The van der Waals surface area contributed by atoms with Crippen LogP contribution in [0.3, 0.4) is 0 Å². The number of hydrogen-bond donors (Lipinski definition) is 1. The van der Waals surface area contributed by atoms with Gasteiger partial charge in [-0.2, -0.15) is 0 Å². The average Bonchev–Trinajstić information content (AvgIpc) is 2.42. The third kappa shape index (κ3) is 3.36. The van der Waals surface area contributed by atoms with Crippen molar-refractivity contribution < 1.29 is 9.84 Å². The van der Waals surface area contributed by atoms with Crippen molar-refractivity contribution in [2.75, 3.05) is 7.11 Å². The highest BCUT2D eigenvalue weighted by atomic mass is 16.5. The van der Waals surface area contributed by atoms with Gasteiger partial charge in [-0.3, -0.25) is 0 Å². The Kier molecular flexibility index (Phi) is 4.23. The number of methoxy groups -OCH3 is 1. The van der Waals surface area contributed by atoms with Gasteiger partial charge in [0.05, 0.1) is 13.2 Å². The van der Waals surface area contributed by atoms with Crippen LogP contribution >= 0.6 is 0 Å². The van der Waals surface area contributed by atoms with Crippen LogP contribution in [0.5, 0.6) is 5.75 Å². The maximum absolute atomic E-state index is 10.3. The van der Waals surface area contributed by atoms with E-state index < -0.39 is 6.10 Å². The van der Waals surface area contributed by atoms with E-state index in [0.717, 1.165) is 16.9 Å². The van der Waals surface area contributed by atoms with Gasteiger partial charge in [-0.25, -0.2) is 0 Å². The maximum atomic E-state index is 10.3. The van der Waals surface area contributed by atoms with E-state index in [-0.39, 0.29) is 0 Å². The van der Waals surface area contributed by atoms with E-state index in [1.165, 1.54) is 11.1 Å². The van der Waals surface area contributed by atoms with E-state index in [1.807, 2.05) is 30.3 Å². The van der Waals surface area contributed by atoms with Crippen LogP contribution in [0.15, 0.2) is 42.5 Å². The molecular formula is C17H20O2. The number of aryl methyl sites for hydroxylation is 2. The first-order valence-corrected chi connectivity index (χ1v) is 6.48. The van der Waals surface area contributed by atoms with Gasteiger partial charge in [0.25, 0.3) is 0 Å². The molecule has 0 aromatic heterocycles. The minimum atomic E-state index is -0.480. The summed E-state index contributed by atoms with van der Waals surface area (Å²) in [6, 6.07) is 13.9. The molecule has 0 aliphatic heterocycles. The van der Waals surface area contributed by atoms with Gasteiger partial charge < -0.3 is 9.84 Å². The molecule has 0 heterocycles. The van der Waals surface area contributed by atoms with Crippen molar-refractivity contribution in [1.29, 1.82) is 0 Å². The molecule has 2 nitrogen and oxygen atoms in total. The lowest BCUT2D eigenvalue weighted by atomic mass is 9.98. The van der Waals surface area contributed by atoms with Gasteiger partial charge >= 0.3 is 0 Å². The van der Waals surface area contributed by atoms with Gasteiger partial charge in [-0.05, 0) is 48.2 Å². The topological polar surface area (TPSA) is 29.5 Å². The van der Waals surface area contributed by atoms with E-state index in [9.17, 15) is 5.11 Å². The molecule has 2 heteroatoms. The first-order chi connectivity index (χ1) is 9.10. The molecule has 0 amide bonds. The fourth-order valence-corrected chi connectivity index (χ4v) is 2.11. The van der Waals surface area contributed by atoms with Crippen molar-refractivity contribution >= 4 is 0 Å². The summed E-state index contributed by atoms with van der Waals surface area (Å²) in [5, 5.41) is 10.3. The van der Waals surface area contributed by atoms with E-state index in [1.54, 1.807) is 7.11 Å². The highest BCUT2D eigenvalue weighted by molar-refractivity contribution is 5.33. The third-order valence-corrected chi connectivity index (χ3v) is 3.48. The molecule has 0 aliphatic carbocycles. The van der Waals surface area contributed by atoms with Crippen molar-refractivity contribution in [3.63, 3.8) is 0 Å². The fraction of sp³-hybridized carbons (Fsp3) is 0.294. The van der Waals surface area contributed by atoms with Crippen molar-refractivity contribution in [1.82, 2.24) is 0 Å². The molecule has 0 aliphatic rings. The van der Waals surface area contributed by atoms with Crippen LogP contribution in [0, 0.1) is 13.8 Å².